The highest BCUT2D eigenvalue weighted by molar-refractivity contribution is 5.92. The monoisotopic (exact) mass is 252 g/mol. The van der Waals surface area contributed by atoms with E-state index in [1.54, 1.807) is 24.5 Å². The third-order valence-electron chi connectivity index (χ3n) is 2.82. The van der Waals surface area contributed by atoms with Gasteiger partial charge in [-0.25, -0.2) is 9.50 Å². The molecule has 0 unspecified atom stereocenters. The Bertz CT molecular complexity index is 706. The van der Waals surface area contributed by atoms with Crippen LogP contribution in [-0.2, 0) is 6.54 Å². The van der Waals surface area contributed by atoms with Gasteiger partial charge in [-0.2, -0.15) is 5.10 Å². The third-order valence-corrected chi connectivity index (χ3v) is 2.82. The van der Waals surface area contributed by atoms with Crippen LogP contribution in [0.25, 0.3) is 5.65 Å². The highest BCUT2D eigenvalue weighted by Gasteiger charge is 2.10. The number of benzene rings is 1. The lowest BCUT2D eigenvalue weighted by atomic mass is 10.2. The number of rotatable bonds is 3. The molecular formula is C14H12N4O. The van der Waals surface area contributed by atoms with E-state index in [-0.39, 0.29) is 5.91 Å². The van der Waals surface area contributed by atoms with Gasteiger partial charge in [0.1, 0.15) is 5.69 Å². The van der Waals surface area contributed by atoms with E-state index >= 15 is 0 Å². The van der Waals surface area contributed by atoms with Gasteiger partial charge in [0.15, 0.2) is 5.65 Å². The molecule has 0 bridgehead atoms. The van der Waals surface area contributed by atoms with Gasteiger partial charge >= 0.3 is 0 Å². The first-order chi connectivity index (χ1) is 9.34. The molecule has 0 saturated carbocycles. The largest absolute Gasteiger partial charge is 0.347 e. The highest BCUT2D eigenvalue weighted by atomic mass is 16.1. The maximum atomic E-state index is 12.1. The Balaban J connectivity index is 1.79. The van der Waals surface area contributed by atoms with E-state index in [4.69, 9.17) is 0 Å². The van der Waals surface area contributed by atoms with E-state index < -0.39 is 0 Å². The van der Waals surface area contributed by atoms with Gasteiger partial charge in [0.2, 0.25) is 0 Å². The molecule has 0 radical (unpaired) electrons. The van der Waals surface area contributed by atoms with Crippen LogP contribution in [-0.4, -0.2) is 20.5 Å². The fraction of sp³-hybridized carbons (Fsp3) is 0.0714. The molecule has 2 heterocycles. The molecule has 19 heavy (non-hydrogen) atoms. The van der Waals surface area contributed by atoms with Gasteiger partial charge in [-0.05, 0) is 11.6 Å². The minimum atomic E-state index is -0.167. The number of hydrogen-bond acceptors (Lipinski definition) is 3. The fourth-order valence-corrected chi connectivity index (χ4v) is 1.88. The molecule has 0 atom stereocenters. The molecule has 3 rings (SSSR count). The van der Waals surface area contributed by atoms with Gasteiger partial charge in [-0.15, -0.1) is 0 Å². The molecule has 1 aromatic carbocycles. The first kappa shape index (κ1) is 11.4. The van der Waals surface area contributed by atoms with Crippen LogP contribution in [0.2, 0.25) is 0 Å². The van der Waals surface area contributed by atoms with Crippen molar-refractivity contribution in [1.82, 2.24) is 19.9 Å². The molecular weight excluding hydrogens is 240 g/mol. The van der Waals surface area contributed by atoms with Crippen molar-refractivity contribution < 1.29 is 4.79 Å². The zero-order chi connectivity index (χ0) is 13.1. The highest BCUT2D eigenvalue weighted by Crippen LogP contribution is 2.04. The number of carbonyl (C=O) groups is 1. The predicted molar refractivity (Wildman–Crippen MR) is 70.6 cm³/mol. The van der Waals surface area contributed by atoms with Crippen LogP contribution in [0.5, 0.6) is 0 Å². The predicted octanol–water partition coefficient (Wildman–Crippen LogP) is 1.66. The lowest BCUT2D eigenvalue weighted by Crippen LogP contribution is -2.25. The first-order valence-corrected chi connectivity index (χ1v) is 5.95. The Hall–Kier alpha value is -2.69. The summed E-state index contributed by atoms with van der Waals surface area (Å²) in [5, 5.41) is 6.96. The molecule has 0 aliphatic rings. The maximum Gasteiger partial charge on any atom is 0.270 e. The SMILES string of the molecule is O=C(NCc1ccccc1)c1ccnc2ccnn12. The summed E-state index contributed by atoms with van der Waals surface area (Å²) >= 11 is 0. The van der Waals surface area contributed by atoms with Crippen molar-refractivity contribution >= 4 is 11.6 Å². The molecule has 0 fully saturated rings. The summed E-state index contributed by atoms with van der Waals surface area (Å²) in [7, 11) is 0. The van der Waals surface area contributed by atoms with Crippen molar-refractivity contribution in [2.24, 2.45) is 0 Å². The average molecular weight is 252 g/mol. The van der Waals surface area contributed by atoms with Crippen molar-refractivity contribution in [2.75, 3.05) is 0 Å². The molecule has 1 amide bonds. The Morgan fingerprint density at radius 1 is 1.11 bits per heavy atom. The number of aromatic nitrogens is 3. The van der Waals surface area contributed by atoms with Crippen LogP contribution < -0.4 is 5.32 Å². The van der Waals surface area contributed by atoms with Crippen molar-refractivity contribution in [1.29, 1.82) is 0 Å². The summed E-state index contributed by atoms with van der Waals surface area (Å²) < 4.78 is 1.53. The quantitative estimate of drug-likeness (QED) is 0.771. The third kappa shape index (κ3) is 2.30. The van der Waals surface area contributed by atoms with E-state index in [0.29, 0.717) is 17.9 Å². The van der Waals surface area contributed by atoms with Crippen LogP contribution in [0.4, 0.5) is 0 Å². The molecule has 0 aliphatic heterocycles. The number of nitrogens with one attached hydrogen (secondary N) is 1. The summed E-state index contributed by atoms with van der Waals surface area (Å²) in [6.45, 7) is 0.491. The summed E-state index contributed by atoms with van der Waals surface area (Å²) in [4.78, 5) is 16.3. The molecule has 94 valence electrons. The van der Waals surface area contributed by atoms with Crippen molar-refractivity contribution in [3.63, 3.8) is 0 Å². The van der Waals surface area contributed by atoms with Gasteiger partial charge in [0, 0.05) is 18.8 Å². The number of amides is 1. The smallest absolute Gasteiger partial charge is 0.270 e. The van der Waals surface area contributed by atoms with Gasteiger partial charge in [0.05, 0.1) is 6.20 Å². The fourth-order valence-electron chi connectivity index (χ4n) is 1.88. The zero-order valence-corrected chi connectivity index (χ0v) is 10.2. The molecule has 5 heteroatoms. The van der Waals surface area contributed by atoms with E-state index in [0.717, 1.165) is 5.56 Å². The van der Waals surface area contributed by atoms with E-state index in [9.17, 15) is 4.79 Å². The zero-order valence-electron chi connectivity index (χ0n) is 10.2. The van der Waals surface area contributed by atoms with Crippen molar-refractivity contribution in [2.45, 2.75) is 6.54 Å². The number of fused-ring (bicyclic) bond motifs is 1. The molecule has 2 aromatic heterocycles. The lowest BCUT2D eigenvalue weighted by molar-refractivity contribution is 0.0943. The van der Waals surface area contributed by atoms with E-state index in [1.807, 2.05) is 30.3 Å². The van der Waals surface area contributed by atoms with Crippen LogP contribution in [0, 0.1) is 0 Å². The lowest BCUT2D eigenvalue weighted by Gasteiger charge is -2.06. The van der Waals surface area contributed by atoms with Crippen LogP contribution in [0.3, 0.4) is 0 Å². The van der Waals surface area contributed by atoms with Crippen LogP contribution in [0.15, 0.2) is 54.9 Å². The van der Waals surface area contributed by atoms with Crippen LogP contribution in [0.1, 0.15) is 16.1 Å². The van der Waals surface area contributed by atoms with E-state index in [1.165, 1.54) is 4.52 Å². The standard InChI is InChI=1S/C14H12N4O/c19-14(16-10-11-4-2-1-3-5-11)12-6-8-15-13-7-9-17-18(12)13/h1-9H,10H2,(H,16,19). The maximum absolute atomic E-state index is 12.1. The Morgan fingerprint density at radius 2 is 1.95 bits per heavy atom. The minimum Gasteiger partial charge on any atom is -0.347 e. The normalized spacial score (nSPS) is 10.5. The second kappa shape index (κ2) is 4.89. The number of hydrogen-bond donors (Lipinski definition) is 1. The van der Waals surface area contributed by atoms with Crippen LogP contribution >= 0.6 is 0 Å². The van der Waals surface area contributed by atoms with Gasteiger partial charge in [-0.3, -0.25) is 4.79 Å². The molecule has 5 nitrogen and oxygen atoms in total. The van der Waals surface area contributed by atoms with Crippen molar-refractivity contribution in [3.8, 4) is 0 Å². The Kier molecular flexibility index (Phi) is 2.94. The number of nitrogens with zero attached hydrogens (tertiary/aromatic N) is 3. The molecule has 0 aliphatic carbocycles. The second-order valence-electron chi connectivity index (χ2n) is 4.10. The van der Waals surface area contributed by atoms with Gasteiger partial charge in [0.25, 0.3) is 5.91 Å². The summed E-state index contributed by atoms with van der Waals surface area (Å²) in [6.07, 6.45) is 3.23. The second-order valence-corrected chi connectivity index (χ2v) is 4.10. The summed E-state index contributed by atoms with van der Waals surface area (Å²) in [5.41, 5.74) is 2.19. The van der Waals surface area contributed by atoms with Crippen molar-refractivity contribution in [3.05, 3.63) is 66.1 Å². The topological polar surface area (TPSA) is 59.3 Å². The summed E-state index contributed by atoms with van der Waals surface area (Å²) in [6, 6.07) is 13.2. The molecule has 0 spiro atoms. The Morgan fingerprint density at radius 3 is 2.79 bits per heavy atom. The first-order valence-electron chi connectivity index (χ1n) is 5.95. The van der Waals surface area contributed by atoms with E-state index in [2.05, 4.69) is 15.4 Å². The molecule has 0 saturated heterocycles. The number of carbonyl (C=O) groups excluding carboxylic acids is 1. The summed E-state index contributed by atoms with van der Waals surface area (Å²) in [5.74, 6) is -0.167. The average Bonchev–Trinajstić information content (AvgIpc) is 2.94. The van der Waals surface area contributed by atoms with Gasteiger partial charge < -0.3 is 5.32 Å². The molecule has 3 aromatic rings. The molecule has 1 N–H and O–H groups in total. The Labute approximate surface area is 109 Å². The van der Waals surface area contributed by atoms with Gasteiger partial charge in [-0.1, -0.05) is 30.3 Å². The minimum absolute atomic E-state index is 0.167.